The fourth-order valence-electron chi connectivity index (χ4n) is 3.73. The normalized spacial score (nSPS) is 16.9. The fraction of sp³-hybridized carbons (Fsp3) is 0.455. The maximum Gasteiger partial charge on any atom is 0.336 e. The second-order valence-corrected chi connectivity index (χ2v) is 8.52. The van der Waals surface area contributed by atoms with E-state index < -0.39 is 0 Å². The number of aromatic nitrogens is 2. The second-order valence-electron chi connectivity index (χ2n) is 7.57. The molecule has 4 rings (SSSR count). The Morgan fingerprint density at radius 3 is 2.82 bits per heavy atom. The van der Waals surface area contributed by atoms with Crippen LogP contribution in [-0.2, 0) is 17.0 Å². The first-order valence-electron chi connectivity index (χ1n) is 9.75. The van der Waals surface area contributed by atoms with Crippen LogP contribution in [0, 0.1) is 27.7 Å². The van der Waals surface area contributed by atoms with Gasteiger partial charge in [-0.3, -0.25) is 0 Å². The van der Waals surface area contributed by atoms with Gasteiger partial charge >= 0.3 is 5.63 Å². The topological polar surface area (TPSA) is 57.3 Å². The first-order chi connectivity index (χ1) is 13.4. The molecular formula is C22H26N2O3S. The molecule has 1 aromatic carbocycles. The highest BCUT2D eigenvalue weighted by molar-refractivity contribution is 7.98. The van der Waals surface area contributed by atoms with E-state index in [0.29, 0.717) is 11.3 Å². The number of fused-ring (bicyclic) bond motifs is 1. The molecule has 6 heteroatoms. The molecule has 1 fully saturated rings. The average Bonchev–Trinajstić information content (AvgIpc) is 3.27. The summed E-state index contributed by atoms with van der Waals surface area (Å²) in [5.74, 6) is 0.673. The van der Waals surface area contributed by atoms with Crippen LogP contribution in [0.1, 0.15) is 40.9 Å². The van der Waals surface area contributed by atoms with Crippen molar-refractivity contribution in [2.45, 2.75) is 64.1 Å². The Morgan fingerprint density at radius 1 is 1.25 bits per heavy atom. The van der Waals surface area contributed by atoms with Gasteiger partial charge < -0.3 is 13.7 Å². The van der Waals surface area contributed by atoms with Gasteiger partial charge in [-0.1, -0.05) is 23.9 Å². The van der Waals surface area contributed by atoms with Crippen molar-refractivity contribution in [2.24, 2.45) is 0 Å². The Morgan fingerprint density at radius 2 is 2.07 bits per heavy atom. The van der Waals surface area contributed by atoms with Gasteiger partial charge in [-0.25, -0.2) is 9.78 Å². The Labute approximate surface area is 169 Å². The number of aryl methyl sites for hydroxylation is 3. The van der Waals surface area contributed by atoms with Crippen LogP contribution >= 0.6 is 11.8 Å². The smallest absolute Gasteiger partial charge is 0.336 e. The van der Waals surface area contributed by atoms with Crippen molar-refractivity contribution in [1.29, 1.82) is 0 Å². The molecule has 0 saturated carbocycles. The number of nitrogens with zero attached hydrogens (tertiary/aromatic N) is 2. The number of hydrogen-bond donors (Lipinski definition) is 0. The van der Waals surface area contributed by atoms with Crippen molar-refractivity contribution < 1.29 is 9.15 Å². The van der Waals surface area contributed by atoms with E-state index in [0.717, 1.165) is 58.9 Å². The molecule has 1 saturated heterocycles. The minimum Gasteiger partial charge on any atom is -0.422 e. The second kappa shape index (κ2) is 7.76. The van der Waals surface area contributed by atoms with Gasteiger partial charge in [0.15, 0.2) is 5.16 Å². The van der Waals surface area contributed by atoms with Crippen LogP contribution in [-0.4, -0.2) is 22.3 Å². The molecule has 0 N–H and O–H groups in total. The van der Waals surface area contributed by atoms with Crippen LogP contribution in [0.25, 0.3) is 11.0 Å². The number of thioether (sulfide) groups is 1. The Bertz CT molecular complexity index is 1080. The highest BCUT2D eigenvalue weighted by atomic mass is 32.2. The predicted octanol–water partition coefficient (Wildman–Crippen LogP) is 4.69. The van der Waals surface area contributed by atoms with E-state index in [4.69, 9.17) is 14.1 Å². The highest BCUT2D eigenvalue weighted by Gasteiger charge is 2.20. The van der Waals surface area contributed by atoms with Gasteiger partial charge in [0.1, 0.15) is 5.58 Å². The molecule has 1 aliphatic heterocycles. The van der Waals surface area contributed by atoms with Gasteiger partial charge in [-0.2, -0.15) is 0 Å². The molecule has 5 nitrogen and oxygen atoms in total. The SMILES string of the molecule is Cc1ccc2c(CSc3nc(C)c(C)n3C[C@H]3CCCO3)cc(=O)oc2c1C. The summed E-state index contributed by atoms with van der Waals surface area (Å²) < 4.78 is 13.6. The van der Waals surface area contributed by atoms with Crippen LogP contribution in [0.3, 0.4) is 0 Å². The van der Waals surface area contributed by atoms with E-state index in [2.05, 4.69) is 17.6 Å². The summed E-state index contributed by atoms with van der Waals surface area (Å²) in [4.78, 5) is 16.9. The molecule has 0 unspecified atom stereocenters. The standard InChI is InChI=1S/C22H26N2O3S/c1-13-7-8-19-17(10-20(25)27-21(19)14(13)2)12-28-22-23-15(3)16(4)24(22)11-18-6-5-9-26-18/h7-8,10,18H,5-6,9,11-12H2,1-4H3/t18-/m1/s1. The van der Waals surface area contributed by atoms with Gasteiger partial charge in [0.05, 0.1) is 18.3 Å². The number of imidazole rings is 1. The molecule has 0 amide bonds. The van der Waals surface area contributed by atoms with Gasteiger partial charge in [-0.15, -0.1) is 0 Å². The molecule has 0 aliphatic carbocycles. The molecule has 1 atom stereocenters. The number of ether oxygens (including phenoxy) is 1. The Balaban J connectivity index is 1.64. The maximum absolute atomic E-state index is 12.1. The van der Waals surface area contributed by atoms with E-state index in [9.17, 15) is 4.79 Å². The maximum atomic E-state index is 12.1. The molecule has 3 aromatic rings. The summed E-state index contributed by atoms with van der Waals surface area (Å²) in [7, 11) is 0. The number of rotatable bonds is 5. The molecule has 0 radical (unpaired) electrons. The fourth-order valence-corrected chi connectivity index (χ4v) is 4.82. The van der Waals surface area contributed by atoms with Crippen molar-refractivity contribution in [3.05, 3.63) is 56.7 Å². The zero-order valence-electron chi connectivity index (χ0n) is 16.9. The van der Waals surface area contributed by atoms with Gasteiger partial charge in [0.25, 0.3) is 0 Å². The lowest BCUT2D eigenvalue weighted by Crippen LogP contribution is -2.16. The lowest BCUT2D eigenvalue weighted by atomic mass is 10.0. The van der Waals surface area contributed by atoms with Gasteiger partial charge in [0, 0.05) is 29.5 Å². The lowest BCUT2D eigenvalue weighted by molar-refractivity contribution is 0.0945. The first kappa shape index (κ1) is 19.3. The molecule has 2 aromatic heterocycles. The Hall–Kier alpha value is -2.05. The van der Waals surface area contributed by atoms with Crippen molar-refractivity contribution in [3.63, 3.8) is 0 Å². The molecule has 0 spiro atoms. The minimum atomic E-state index is -0.299. The minimum absolute atomic E-state index is 0.266. The van der Waals surface area contributed by atoms with Crippen molar-refractivity contribution >= 4 is 22.7 Å². The molecule has 3 heterocycles. The highest BCUT2D eigenvalue weighted by Crippen LogP contribution is 2.30. The monoisotopic (exact) mass is 398 g/mol. The Kier molecular flexibility index (Phi) is 5.34. The van der Waals surface area contributed by atoms with E-state index >= 15 is 0 Å². The summed E-state index contributed by atoms with van der Waals surface area (Å²) in [5, 5.41) is 1.98. The summed E-state index contributed by atoms with van der Waals surface area (Å²) in [6.07, 6.45) is 2.50. The van der Waals surface area contributed by atoms with Crippen LogP contribution in [0.5, 0.6) is 0 Å². The molecule has 1 aliphatic rings. The van der Waals surface area contributed by atoms with Gasteiger partial charge in [-0.05, 0) is 57.2 Å². The van der Waals surface area contributed by atoms with Crippen molar-refractivity contribution in [1.82, 2.24) is 9.55 Å². The van der Waals surface area contributed by atoms with Crippen LogP contribution < -0.4 is 5.63 Å². The largest absolute Gasteiger partial charge is 0.422 e. The zero-order chi connectivity index (χ0) is 19.8. The van der Waals surface area contributed by atoms with Crippen LogP contribution in [0.4, 0.5) is 0 Å². The van der Waals surface area contributed by atoms with Crippen LogP contribution in [0.15, 0.2) is 32.6 Å². The van der Waals surface area contributed by atoms with E-state index in [1.165, 1.54) is 5.69 Å². The number of hydrogen-bond acceptors (Lipinski definition) is 5. The third-order valence-corrected chi connectivity index (χ3v) is 6.73. The summed E-state index contributed by atoms with van der Waals surface area (Å²) in [6.45, 7) is 9.88. The quantitative estimate of drug-likeness (QED) is 0.461. The van der Waals surface area contributed by atoms with Crippen molar-refractivity contribution in [3.8, 4) is 0 Å². The predicted molar refractivity (Wildman–Crippen MR) is 112 cm³/mol. The van der Waals surface area contributed by atoms with Crippen LogP contribution in [0.2, 0.25) is 0 Å². The summed E-state index contributed by atoms with van der Waals surface area (Å²) in [5.41, 5.74) is 5.75. The molecular weight excluding hydrogens is 372 g/mol. The third kappa shape index (κ3) is 3.63. The molecule has 148 valence electrons. The lowest BCUT2D eigenvalue weighted by Gasteiger charge is -2.15. The summed E-state index contributed by atoms with van der Waals surface area (Å²) in [6, 6.07) is 5.74. The van der Waals surface area contributed by atoms with Crippen molar-refractivity contribution in [2.75, 3.05) is 6.61 Å². The zero-order valence-corrected chi connectivity index (χ0v) is 17.7. The third-order valence-electron chi connectivity index (χ3n) is 5.71. The van der Waals surface area contributed by atoms with E-state index in [1.807, 2.05) is 26.8 Å². The molecule has 28 heavy (non-hydrogen) atoms. The first-order valence-corrected chi connectivity index (χ1v) is 10.7. The average molecular weight is 399 g/mol. The molecule has 0 bridgehead atoms. The van der Waals surface area contributed by atoms with E-state index in [-0.39, 0.29) is 11.7 Å². The number of benzene rings is 1. The van der Waals surface area contributed by atoms with Gasteiger partial charge in [0.2, 0.25) is 0 Å². The summed E-state index contributed by atoms with van der Waals surface area (Å²) >= 11 is 1.67. The van der Waals surface area contributed by atoms with E-state index in [1.54, 1.807) is 17.8 Å².